The highest BCUT2D eigenvalue weighted by Gasteiger charge is 2.19. The number of nitrogens with one attached hydrogen (secondary N) is 2. The molecule has 2 N–H and O–H groups in total. The monoisotopic (exact) mass is 600 g/mol. The maximum absolute atomic E-state index is 15.0. The van der Waals surface area contributed by atoms with Crippen molar-refractivity contribution in [3.05, 3.63) is 78.0 Å². The normalized spacial score (nSPS) is 15.1. The number of carbonyl (C=O) groups excluding carboxylic acids is 1. The first kappa shape index (κ1) is 29.2. The van der Waals surface area contributed by atoms with Crippen LogP contribution in [0.15, 0.2) is 55.0 Å². The van der Waals surface area contributed by atoms with E-state index in [0.717, 1.165) is 25.5 Å². The van der Waals surface area contributed by atoms with Crippen LogP contribution in [-0.2, 0) is 9.57 Å². The number of amides is 1. The lowest BCUT2D eigenvalue weighted by molar-refractivity contribution is -0.186. The SMILES string of the molecule is Cc1nc2c(F)cc(-c3nc(Nc4ccc(-c5ccc(C(=O)NOC6CCCCO6)cn5)cn4)ncc3F)cc2n1C(C)C. The van der Waals surface area contributed by atoms with E-state index < -0.39 is 23.8 Å². The van der Waals surface area contributed by atoms with Gasteiger partial charge in [-0.2, -0.15) is 0 Å². The molecule has 13 heteroatoms. The number of nitrogens with zero attached hydrogens (tertiary/aromatic N) is 6. The van der Waals surface area contributed by atoms with E-state index in [4.69, 9.17) is 9.57 Å². The van der Waals surface area contributed by atoms with Gasteiger partial charge < -0.3 is 14.6 Å². The smallest absolute Gasteiger partial charge is 0.276 e. The van der Waals surface area contributed by atoms with Crippen LogP contribution in [0.25, 0.3) is 33.5 Å². The summed E-state index contributed by atoms with van der Waals surface area (Å²) in [6.45, 7) is 6.36. The number of hydrogen-bond acceptors (Lipinski definition) is 9. The standard InChI is InChI=1S/C31H30F2N8O3/c1-17(2)41-18(3)37-29-22(32)12-21(13-25(29)41)28-23(33)16-36-31(39-28)38-26-10-8-19(14-35-26)24-9-7-20(15-34-24)30(42)40-44-27-6-4-5-11-43-27/h7-10,12-17,27H,4-6,11H2,1-3H3,(H,40,42)(H,35,36,38,39). The van der Waals surface area contributed by atoms with Crippen molar-refractivity contribution in [1.82, 2.24) is 35.0 Å². The summed E-state index contributed by atoms with van der Waals surface area (Å²) in [4.78, 5) is 39.2. The van der Waals surface area contributed by atoms with E-state index in [1.54, 1.807) is 43.5 Å². The molecule has 1 aliphatic rings. The summed E-state index contributed by atoms with van der Waals surface area (Å²) >= 11 is 0. The van der Waals surface area contributed by atoms with Crippen LogP contribution in [0, 0.1) is 18.6 Å². The summed E-state index contributed by atoms with van der Waals surface area (Å²) in [5.74, 6) is -0.517. The fourth-order valence-electron chi connectivity index (χ4n) is 5.10. The molecule has 0 bridgehead atoms. The summed E-state index contributed by atoms with van der Waals surface area (Å²) in [6, 6.07) is 9.75. The maximum Gasteiger partial charge on any atom is 0.276 e. The predicted octanol–water partition coefficient (Wildman–Crippen LogP) is 6.05. The zero-order chi connectivity index (χ0) is 30.8. The van der Waals surface area contributed by atoms with Gasteiger partial charge in [0, 0.05) is 42.6 Å². The Bertz CT molecular complexity index is 1800. The predicted molar refractivity (Wildman–Crippen MR) is 159 cm³/mol. The molecule has 1 fully saturated rings. The molecular weight excluding hydrogens is 570 g/mol. The van der Waals surface area contributed by atoms with Crippen LogP contribution in [-0.4, -0.2) is 48.3 Å². The molecule has 0 aliphatic carbocycles. The number of aromatic nitrogens is 6. The molecule has 1 unspecified atom stereocenters. The molecule has 226 valence electrons. The quantitative estimate of drug-likeness (QED) is 0.205. The van der Waals surface area contributed by atoms with Crippen molar-refractivity contribution in [3.63, 3.8) is 0 Å². The largest absolute Gasteiger partial charge is 0.350 e. The number of ether oxygens (including phenoxy) is 1. The van der Waals surface area contributed by atoms with Gasteiger partial charge in [-0.15, -0.1) is 0 Å². The molecule has 1 aromatic carbocycles. The summed E-state index contributed by atoms with van der Waals surface area (Å²) in [6.07, 6.45) is 6.33. The van der Waals surface area contributed by atoms with E-state index in [1.165, 1.54) is 12.3 Å². The molecular formula is C31H30F2N8O3. The van der Waals surface area contributed by atoms with Gasteiger partial charge in [-0.05, 0) is 70.0 Å². The minimum absolute atomic E-state index is 0.0323. The zero-order valence-corrected chi connectivity index (χ0v) is 24.3. The van der Waals surface area contributed by atoms with Crippen molar-refractivity contribution in [2.24, 2.45) is 0 Å². The van der Waals surface area contributed by atoms with Gasteiger partial charge in [0.05, 0.1) is 23.0 Å². The minimum Gasteiger partial charge on any atom is -0.350 e. The molecule has 5 aromatic rings. The van der Waals surface area contributed by atoms with E-state index in [-0.39, 0.29) is 28.8 Å². The lowest BCUT2D eigenvalue weighted by atomic mass is 10.1. The maximum atomic E-state index is 15.0. The number of rotatable bonds is 8. The second-order valence-electron chi connectivity index (χ2n) is 10.7. The van der Waals surface area contributed by atoms with Gasteiger partial charge in [0.15, 0.2) is 17.9 Å². The van der Waals surface area contributed by atoms with Gasteiger partial charge in [-0.3, -0.25) is 9.78 Å². The van der Waals surface area contributed by atoms with Gasteiger partial charge in [0.1, 0.15) is 22.9 Å². The van der Waals surface area contributed by atoms with Crippen molar-refractivity contribution in [2.45, 2.75) is 52.4 Å². The average Bonchev–Trinajstić information content (AvgIpc) is 3.38. The van der Waals surface area contributed by atoms with Gasteiger partial charge in [0.25, 0.3) is 5.91 Å². The van der Waals surface area contributed by atoms with E-state index in [9.17, 15) is 9.18 Å². The third kappa shape index (κ3) is 6.10. The number of fused-ring (bicyclic) bond motifs is 1. The van der Waals surface area contributed by atoms with Gasteiger partial charge in [-0.25, -0.2) is 39.0 Å². The Labute approximate surface area is 251 Å². The second kappa shape index (κ2) is 12.4. The van der Waals surface area contributed by atoms with Crippen LogP contribution in [0.3, 0.4) is 0 Å². The summed E-state index contributed by atoms with van der Waals surface area (Å²) in [5, 5.41) is 2.96. The van der Waals surface area contributed by atoms with E-state index in [0.29, 0.717) is 40.6 Å². The highest BCUT2D eigenvalue weighted by molar-refractivity contribution is 5.93. The number of imidazole rings is 1. The van der Waals surface area contributed by atoms with Crippen LogP contribution in [0.1, 0.15) is 55.3 Å². The number of carbonyl (C=O) groups is 1. The van der Waals surface area contributed by atoms with Crippen molar-refractivity contribution in [2.75, 3.05) is 11.9 Å². The summed E-state index contributed by atoms with van der Waals surface area (Å²) in [7, 11) is 0. The first-order valence-corrected chi connectivity index (χ1v) is 14.2. The lowest BCUT2D eigenvalue weighted by Crippen LogP contribution is -2.33. The number of pyridine rings is 2. The first-order chi connectivity index (χ1) is 21.3. The third-order valence-electron chi connectivity index (χ3n) is 7.20. The highest BCUT2D eigenvalue weighted by Crippen LogP contribution is 2.30. The number of anilines is 2. The van der Waals surface area contributed by atoms with Crippen molar-refractivity contribution < 1.29 is 23.1 Å². The number of aryl methyl sites for hydroxylation is 1. The Morgan fingerprint density at radius 3 is 2.57 bits per heavy atom. The second-order valence-corrected chi connectivity index (χ2v) is 10.7. The molecule has 5 heterocycles. The minimum atomic E-state index is -0.693. The van der Waals surface area contributed by atoms with E-state index in [2.05, 4.69) is 35.7 Å². The van der Waals surface area contributed by atoms with Crippen molar-refractivity contribution in [3.8, 4) is 22.5 Å². The van der Waals surface area contributed by atoms with Crippen LogP contribution >= 0.6 is 0 Å². The fraction of sp³-hybridized carbons (Fsp3) is 0.290. The molecule has 11 nitrogen and oxygen atoms in total. The molecule has 1 saturated heterocycles. The van der Waals surface area contributed by atoms with Crippen molar-refractivity contribution >= 4 is 28.7 Å². The molecule has 0 spiro atoms. The molecule has 1 amide bonds. The van der Waals surface area contributed by atoms with Crippen LogP contribution in [0.4, 0.5) is 20.5 Å². The number of hydroxylamine groups is 1. The highest BCUT2D eigenvalue weighted by atomic mass is 19.1. The Kier molecular flexibility index (Phi) is 8.22. The van der Waals surface area contributed by atoms with Gasteiger partial charge in [0.2, 0.25) is 5.95 Å². The van der Waals surface area contributed by atoms with Crippen molar-refractivity contribution in [1.29, 1.82) is 0 Å². The Balaban J connectivity index is 1.15. The topological polar surface area (TPSA) is 129 Å². The van der Waals surface area contributed by atoms with Gasteiger partial charge in [-0.1, -0.05) is 0 Å². The zero-order valence-electron chi connectivity index (χ0n) is 24.3. The van der Waals surface area contributed by atoms with E-state index >= 15 is 4.39 Å². The molecule has 4 aromatic heterocycles. The molecule has 0 saturated carbocycles. The molecule has 44 heavy (non-hydrogen) atoms. The summed E-state index contributed by atoms with van der Waals surface area (Å²) in [5.41, 5.74) is 5.05. The Hall–Kier alpha value is -4.88. The molecule has 1 aliphatic heterocycles. The Morgan fingerprint density at radius 1 is 1.00 bits per heavy atom. The first-order valence-electron chi connectivity index (χ1n) is 14.2. The Morgan fingerprint density at radius 2 is 1.86 bits per heavy atom. The van der Waals surface area contributed by atoms with E-state index in [1.807, 2.05) is 18.4 Å². The molecule has 1 atom stereocenters. The van der Waals surface area contributed by atoms with Crippen LogP contribution in [0.5, 0.6) is 0 Å². The summed E-state index contributed by atoms with van der Waals surface area (Å²) < 4.78 is 37.2. The molecule has 6 rings (SSSR count). The number of hydrogen-bond donors (Lipinski definition) is 2. The number of benzene rings is 1. The third-order valence-corrected chi connectivity index (χ3v) is 7.20. The molecule has 0 radical (unpaired) electrons. The fourth-order valence-corrected chi connectivity index (χ4v) is 5.10. The van der Waals surface area contributed by atoms with Gasteiger partial charge >= 0.3 is 0 Å². The number of halogens is 2. The lowest BCUT2D eigenvalue weighted by Gasteiger charge is -2.22. The van der Waals surface area contributed by atoms with Crippen LogP contribution in [0.2, 0.25) is 0 Å². The van der Waals surface area contributed by atoms with Crippen LogP contribution < -0.4 is 10.8 Å². The average molecular weight is 601 g/mol.